The normalized spacial score (nSPS) is 14.5. The summed E-state index contributed by atoms with van der Waals surface area (Å²) in [6, 6.07) is 19.5. The number of benzene rings is 3. The van der Waals surface area contributed by atoms with E-state index in [4.69, 9.17) is 0 Å². The monoisotopic (exact) mass is 451 g/mol. The molecule has 1 aliphatic heterocycles. The van der Waals surface area contributed by atoms with Gasteiger partial charge < -0.3 is 4.90 Å². The number of para-hydroxylation sites is 1. The molecule has 2 nitrogen and oxygen atoms in total. The Labute approximate surface area is 193 Å². The average molecular weight is 452 g/mol. The Morgan fingerprint density at radius 1 is 0.970 bits per heavy atom. The van der Waals surface area contributed by atoms with Crippen molar-refractivity contribution in [3.63, 3.8) is 0 Å². The maximum Gasteiger partial charge on any atom is 0.416 e. The van der Waals surface area contributed by atoms with Crippen LogP contribution in [0.25, 0.3) is 11.1 Å². The van der Waals surface area contributed by atoms with Crippen LogP contribution < -0.4 is 4.90 Å². The first-order valence-electron chi connectivity index (χ1n) is 11.3. The van der Waals surface area contributed by atoms with Crippen LogP contribution in [0.1, 0.15) is 49.8 Å². The third kappa shape index (κ3) is 4.97. The molecule has 0 radical (unpaired) electrons. The molecule has 1 heterocycles. The highest BCUT2D eigenvalue weighted by Gasteiger charge is 2.30. The van der Waals surface area contributed by atoms with Crippen LogP contribution in [-0.2, 0) is 17.4 Å². The van der Waals surface area contributed by atoms with Gasteiger partial charge in [-0.15, -0.1) is 0 Å². The van der Waals surface area contributed by atoms with E-state index in [2.05, 4.69) is 36.9 Å². The zero-order valence-electron chi connectivity index (χ0n) is 19.1. The Bertz CT molecular complexity index is 1150. The summed E-state index contributed by atoms with van der Waals surface area (Å²) >= 11 is 0. The lowest BCUT2D eigenvalue weighted by atomic mass is 9.85. The van der Waals surface area contributed by atoms with E-state index < -0.39 is 11.7 Å². The Hall–Kier alpha value is -3.08. The minimum absolute atomic E-state index is 0.0982. The Morgan fingerprint density at radius 3 is 2.30 bits per heavy atom. The van der Waals surface area contributed by atoms with Gasteiger partial charge in [0.1, 0.15) is 5.78 Å². The maximum atomic E-state index is 13.1. The molecule has 0 fully saturated rings. The number of fused-ring (bicyclic) bond motifs is 1. The summed E-state index contributed by atoms with van der Waals surface area (Å²) in [6.45, 7) is 6.62. The molecule has 3 aromatic carbocycles. The van der Waals surface area contributed by atoms with Gasteiger partial charge in [0.25, 0.3) is 0 Å². The Kier molecular flexibility index (Phi) is 6.33. The smallest absolute Gasteiger partial charge is 0.341 e. The average Bonchev–Trinajstić information content (AvgIpc) is 3.20. The Morgan fingerprint density at radius 2 is 1.67 bits per heavy atom. The SMILES string of the molecule is CC(=O)C(CC(C)C)c1cc(-c2ccc(C(F)(F)F)cc2)cc(N2CCc3ccccc32)c1. The predicted octanol–water partition coefficient (Wildman–Crippen LogP) is 7.79. The van der Waals surface area contributed by atoms with E-state index in [1.165, 1.54) is 17.7 Å². The molecule has 0 bridgehead atoms. The van der Waals surface area contributed by atoms with Gasteiger partial charge in [-0.1, -0.05) is 50.2 Å². The zero-order valence-corrected chi connectivity index (χ0v) is 19.1. The van der Waals surface area contributed by atoms with E-state index in [0.717, 1.165) is 54.0 Å². The van der Waals surface area contributed by atoms with Gasteiger partial charge in [0, 0.05) is 23.8 Å². The quantitative estimate of drug-likeness (QED) is 0.381. The lowest BCUT2D eigenvalue weighted by molar-refractivity contribution is -0.137. The minimum atomic E-state index is -4.37. The first-order valence-corrected chi connectivity index (χ1v) is 11.3. The van der Waals surface area contributed by atoms with Crippen molar-refractivity contribution in [3.8, 4) is 11.1 Å². The van der Waals surface area contributed by atoms with Gasteiger partial charge in [0.15, 0.2) is 0 Å². The van der Waals surface area contributed by atoms with Crippen LogP contribution in [-0.4, -0.2) is 12.3 Å². The molecule has 4 rings (SSSR count). The van der Waals surface area contributed by atoms with Crippen molar-refractivity contribution in [1.82, 2.24) is 0 Å². The van der Waals surface area contributed by atoms with Crippen molar-refractivity contribution in [1.29, 1.82) is 0 Å². The van der Waals surface area contributed by atoms with Gasteiger partial charge >= 0.3 is 6.18 Å². The highest BCUT2D eigenvalue weighted by atomic mass is 19.4. The number of hydrogen-bond acceptors (Lipinski definition) is 2. The molecule has 5 heteroatoms. The van der Waals surface area contributed by atoms with Crippen LogP contribution in [0.3, 0.4) is 0 Å². The molecule has 0 aromatic heterocycles. The molecule has 33 heavy (non-hydrogen) atoms. The lowest BCUT2D eigenvalue weighted by Crippen LogP contribution is -2.16. The third-order valence-electron chi connectivity index (χ3n) is 6.28. The number of hydrogen-bond donors (Lipinski definition) is 0. The maximum absolute atomic E-state index is 13.1. The van der Waals surface area contributed by atoms with Crippen LogP contribution in [0.4, 0.5) is 24.5 Å². The zero-order chi connectivity index (χ0) is 23.8. The highest BCUT2D eigenvalue weighted by Crippen LogP contribution is 2.39. The molecule has 172 valence electrons. The van der Waals surface area contributed by atoms with Crippen LogP contribution in [0.2, 0.25) is 0 Å². The molecule has 0 spiro atoms. The van der Waals surface area contributed by atoms with Gasteiger partial charge in [-0.2, -0.15) is 13.2 Å². The van der Waals surface area contributed by atoms with E-state index in [1.54, 1.807) is 6.92 Å². The van der Waals surface area contributed by atoms with Gasteiger partial charge in [-0.3, -0.25) is 4.79 Å². The molecule has 0 amide bonds. The third-order valence-corrected chi connectivity index (χ3v) is 6.28. The standard InChI is InChI=1S/C28H28F3NO/c1-18(2)14-26(19(3)33)23-15-22(20-8-10-24(11-9-20)28(29,30)31)16-25(17-23)32-13-12-21-6-4-5-7-27(21)32/h4-11,15-18,26H,12-14H2,1-3H3. The number of carbonyl (C=O) groups excluding carboxylic acids is 1. The molecule has 1 atom stereocenters. The fourth-order valence-corrected chi connectivity index (χ4v) is 4.62. The van der Waals surface area contributed by atoms with Gasteiger partial charge in [0.2, 0.25) is 0 Å². The van der Waals surface area contributed by atoms with Crippen molar-refractivity contribution in [3.05, 3.63) is 83.4 Å². The van der Waals surface area contributed by atoms with E-state index in [9.17, 15) is 18.0 Å². The number of nitrogens with zero attached hydrogens (tertiary/aromatic N) is 1. The fraction of sp³-hybridized carbons (Fsp3) is 0.321. The first-order chi connectivity index (χ1) is 15.6. The van der Waals surface area contributed by atoms with Crippen molar-refractivity contribution in [2.75, 3.05) is 11.4 Å². The molecule has 0 N–H and O–H groups in total. The van der Waals surface area contributed by atoms with Crippen LogP contribution in [0, 0.1) is 5.92 Å². The summed E-state index contributed by atoms with van der Waals surface area (Å²) in [5, 5.41) is 0. The van der Waals surface area contributed by atoms with E-state index in [1.807, 2.05) is 24.3 Å². The van der Waals surface area contributed by atoms with Crippen molar-refractivity contribution >= 4 is 17.2 Å². The van der Waals surface area contributed by atoms with Crippen molar-refractivity contribution in [2.45, 2.75) is 45.7 Å². The van der Waals surface area contributed by atoms with Crippen molar-refractivity contribution in [2.24, 2.45) is 5.92 Å². The molecule has 0 saturated carbocycles. The molecular weight excluding hydrogens is 423 g/mol. The molecule has 0 saturated heterocycles. The summed E-state index contributed by atoms with van der Waals surface area (Å²) in [7, 11) is 0. The first kappa shape index (κ1) is 23.1. The number of alkyl halides is 3. The van der Waals surface area contributed by atoms with E-state index in [-0.39, 0.29) is 11.7 Å². The predicted molar refractivity (Wildman–Crippen MR) is 127 cm³/mol. The number of carbonyl (C=O) groups is 1. The second-order valence-corrected chi connectivity index (χ2v) is 9.21. The Balaban J connectivity index is 1.83. The van der Waals surface area contributed by atoms with E-state index >= 15 is 0 Å². The molecule has 1 aliphatic rings. The lowest BCUT2D eigenvalue weighted by Gasteiger charge is -2.24. The number of ketones is 1. The molecular formula is C28H28F3NO. The number of rotatable bonds is 6. The summed E-state index contributed by atoms with van der Waals surface area (Å²) in [5.74, 6) is 0.182. The summed E-state index contributed by atoms with van der Waals surface area (Å²) in [5.41, 5.74) is 5.12. The summed E-state index contributed by atoms with van der Waals surface area (Å²) in [4.78, 5) is 14.8. The number of Topliss-reactive ketones (excluding diaryl/α,β-unsaturated/α-hetero) is 1. The van der Waals surface area contributed by atoms with Gasteiger partial charge in [-0.25, -0.2) is 0 Å². The number of anilines is 2. The summed E-state index contributed by atoms with van der Waals surface area (Å²) < 4.78 is 39.2. The number of halogens is 3. The second-order valence-electron chi connectivity index (χ2n) is 9.21. The minimum Gasteiger partial charge on any atom is -0.341 e. The second kappa shape index (κ2) is 9.05. The van der Waals surface area contributed by atoms with Crippen molar-refractivity contribution < 1.29 is 18.0 Å². The van der Waals surface area contributed by atoms with Crippen LogP contribution in [0.5, 0.6) is 0 Å². The van der Waals surface area contributed by atoms with Gasteiger partial charge in [-0.05, 0) is 78.3 Å². The molecule has 3 aromatic rings. The molecule has 0 aliphatic carbocycles. The highest BCUT2D eigenvalue weighted by molar-refractivity contribution is 5.85. The van der Waals surface area contributed by atoms with E-state index in [0.29, 0.717) is 11.5 Å². The summed E-state index contributed by atoms with van der Waals surface area (Å²) in [6.07, 6.45) is -2.72. The van der Waals surface area contributed by atoms with Crippen LogP contribution >= 0.6 is 0 Å². The van der Waals surface area contributed by atoms with Gasteiger partial charge in [0.05, 0.1) is 5.56 Å². The fourth-order valence-electron chi connectivity index (χ4n) is 4.62. The largest absolute Gasteiger partial charge is 0.416 e. The topological polar surface area (TPSA) is 20.3 Å². The molecule has 1 unspecified atom stereocenters. The van der Waals surface area contributed by atoms with Crippen LogP contribution in [0.15, 0.2) is 66.7 Å².